The zero-order valence-electron chi connectivity index (χ0n) is 11.0. The first kappa shape index (κ1) is 13.1. The van der Waals surface area contributed by atoms with Crippen LogP contribution < -0.4 is 4.90 Å². The van der Waals surface area contributed by atoms with Crippen molar-refractivity contribution in [3.8, 4) is 0 Å². The molecule has 2 atom stereocenters. The molecule has 1 heterocycles. The number of rotatable bonds is 1. The standard InChI is InChI=1S/C15H16INO2/c1-8-5-11-12(6-8)15(19)17(14(11)18)13-7-10(16)4-3-9(13)2/h3-4,7-8,11-12H,5-6H2,1-2H3. The fourth-order valence-electron chi connectivity index (χ4n) is 3.34. The first-order valence-electron chi connectivity index (χ1n) is 6.63. The molecule has 19 heavy (non-hydrogen) atoms. The van der Waals surface area contributed by atoms with Gasteiger partial charge in [0.2, 0.25) is 11.8 Å². The fraction of sp³-hybridized carbons (Fsp3) is 0.467. The Morgan fingerprint density at radius 1 is 1.16 bits per heavy atom. The van der Waals surface area contributed by atoms with E-state index in [1.54, 1.807) is 0 Å². The third kappa shape index (κ3) is 2.00. The van der Waals surface area contributed by atoms with Crippen molar-refractivity contribution >= 4 is 40.1 Å². The van der Waals surface area contributed by atoms with Gasteiger partial charge in [-0.3, -0.25) is 9.59 Å². The highest BCUT2D eigenvalue weighted by Gasteiger charge is 2.52. The van der Waals surface area contributed by atoms with Crippen LogP contribution in [0.4, 0.5) is 5.69 Å². The van der Waals surface area contributed by atoms with Crippen molar-refractivity contribution in [3.05, 3.63) is 27.3 Å². The number of hydrogen-bond donors (Lipinski definition) is 0. The Morgan fingerprint density at radius 2 is 1.74 bits per heavy atom. The summed E-state index contributed by atoms with van der Waals surface area (Å²) in [5, 5.41) is 0. The molecule has 0 bridgehead atoms. The van der Waals surface area contributed by atoms with Gasteiger partial charge in [0.1, 0.15) is 0 Å². The summed E-state index contributed by atoms with van der Waals surface area (Å²) in [6, 6.07) is 5.89. The van der Waals surface area contributed by atoms with E-state index in [0.717, 1.165) is 27.7 Å². The van der Waals surface area contributed by atoms with E-state index in [4.69, 9.17) is 0 Å². The van der Waals surface area contributed by atoms with Crippen LogP contribution in [0.1, 0.15) is 25.3 Å². The van der Waals surface area contributed by atoms with E-state index < -0.39 is 0 Å². The molecule has 2 amide bonds. The monoisotopic (exact) mass is 369 g/mol. The van der Waals surface area contributed by atoms with Gasteiger partial charge in [0.25, 0.3) is 0 Å². The Hall–Kier alpha value is -0.910. The van der Waals surface area contributed by atoms with Crippen molar-refractivity contribution in [1.82, 2.24) is 0 Å². The Labute approximate surface area is 126 Å². The number of benzene rings is 1. The number of amides is 2. The number of nitrogens with zero attached hydrogens (tertiary/aromatic N) is 1. The highest BCUT2D eigenvalue weighted by molar-refractivity contribution is 14.1. The second-order valence-corrected chi connectivity index (χ2v) is 6.98. The summed E-state index contributed by atoms with van der Waals surface area (Å²) >= 11 is 2.21. The Balaban J connectivity index is 2.01. The molecule has 2 aliphatic rings. The number of hydrogen-bond acceptors (Lipinski definition) is 2. The lowest BCUT2D eigenvalue weighted by Gasteiger charge is -2.19. The molecule has 1 aromatic rings. The van der Waals surface area contributed by atoms with E-state index in [1.165, 1.54) is 4.90 Å². The third-order valence-corrected chi connectivity index (χ3v) is 4.96. The van der Waals surface area contributed by atoms with Crippen LogP contribution in [-0.2, 0) is 9.59 Å². The van der Waals surface area contributed by atoms with Crippen molar-refractivity contribution in [2.75, 3.05) is 4.90 Å². The molecule has 3 rings (SSSR count). The van der Waals surface area contributed by atoms with Gasteiger partial charge in [-0.05, 0) is 66.0 Å². The second-order valence-electron chi connectivity index (χ2n) is 5.73. The molecule has 0 N–H and O–H groups in total. The van der Waals surface area contributed by atoms with Gasteiger partial charge in [0.15, 0.2) is 0 Å². The lowest BCUT2D eigenvalue weighted by molar-refractivity contribution is -0.123. The molecule has 1 aliphatic carbocycles. The fourth-order valence-corrected chi connectivity index (χ4v) is 3.81. The van der Waals surface area contributed by atoms with Crippen molar-refractivity contribution in [1.29, 1.82) is 0 Å². The zero-order valence-corrected chi connectivity index (χ0v) is 13.2. The third-order valence-electron chi connectivity index (χ3n) is 4.29. The highest BCUT2D eigenvalue weighted by Crippen LogP contribution is 2.44. The lowest BCUT2D eigenvalue weighted by Crippen LogP contribution is -2.32. The summed E-state index contributed by atoms with van der Waals surface area (Å²) in [7, 11) is 0. The minimum atomic E-state index is -0.0835. The van der Waals surface area contributed by atoms with Gasteiger partial charge in [-0.25, -0.2) is 4.90 Å². The maximum Gasteiger partial charge on any atom is 0.237 e. The summed E-state index contributed by atoms with van der Waals surface area (Å²) in [4.78, 5) is 26.4. The lowest BCUT2D eigenvalue weighted by atomic mass is 10.00. The van der Waals surface area contributed by atoms with E-state index in [2.05, 4.69) is 29.5 Å². The van der Waals surface area contributed by atoms with Gasteiger partial charge in [-0.1, -0.05) is 13.0 Å². The van der Waals surface area contributed by atoms with Crippen LogP contribution in [0.5, 0.6) is 0 Å². The van der Waals surface area contributed by atoms with Gasteiger partial charge in [0.05, 0.1) is 17.5 Å². The Bertz CT molecular complexity index is 545. The number of aryl methyl sites for hydroxylation is 1. The van der Waals surface area contributed by atoms with Gasteiger partial charge < -0.3 is 0 Å². The summed E-state index contributed by atoms with van der Waals surface area (Å²) < 4.78 is 1.05. The van der Waals surface area contributed by atoms with E-state index in [0.29, 0.717) is 5.92 Å². The molecular formula is C15H16INO2. The van der Waals surface area contributed by atoms with Crippen LogP contribution in [0.3, 0.4) is 0 Å². The van der Waals surface area contributed by atoms with Gasteiger partial charge in [0, 0.05) is 3.57 Å². The minimum absolute atomic E-state index is 0.00412. The van der Waals surface area contributed by atoms with Crippen molar-refractivity contribution in [3.63, 3.8) is 0 Å². The average Bonchev–Trinajstić information content (AvgIpc) is 2.84. The van der Waals surface area contributed by atoms with Gasteiger partial charge >= 0.3 is 0 Å². The normalized spacial score (nSPS) is 30.1. The van der Waals surface area contributed by atoms with Crippen LogP contribution in [-0.4, -0.2) is 11.8 Å². The molecule has 0 spiro atoms. The molecule has 2 unspecified atom stereocenters. The highest BCUT2D eigenvalue weighted by atomic mass is 127. The molecule has 4 heteroatoms. The number of carbonyl (C=O) groups excluding carboxylic acids is 2. The van der Waals surface area contributed by atoms with E-state index in [9.17, 15) is 9.59 Å². The molecule has 2 fully saturated rings. The molecule has 1 aromatic carbocycles. The zero-order chi connectivity index (χ0) is 13.7. The molecule has 0 aromatic heterocycles. The first-order valence-corrected chi connectivity index (χ1v) is 7.71. The quantitative estimate of drug-likeness (QED) is 0.564. The molecule has 0 radical (unpaired) electrons. The summed E-state index contributed by atoms with van der Waals surface area (Å²) in [5.41, 5.74) is 1.75. The molecule has 100 valence electrons. The number of halogens is 1. The molecular weight excluding hydrogens is 353 g/mol. The Morgan fingerprint density at radius 3 is 2.32 bits per heavy atom. The molecule has 1 aliphatic heterocycles. The van der Waals surface area contributed by atoms with E-state index in [1.807, 2.05) is 25.1 Å². The predicted octanol–water partition coefficient (Wildman–Crippen LogP) is 3.14. The number of imide groups is 1. The number of carbonyl (C=O) groups is 2. The maximum absolute atomic E-state index is 12.5. The van der Waals surface area contributed by atoms with Crippen molar-refractivity contribution in [2.45, 2.75) is 26.7 Å². The summed E-state index contributed by atoms with van der Waals surface area (Å²) in [5.74, 6) is 0.329. The van der Waals surface area contributed by atoms with E-state index in [-0.39, 0.29) is 23.7 Å². The van der Waals surface area contributed by atoms with Gasteiger partial charge in [-0.2, -0.15) is 0 Å². The summed E-state index contributed by atoms with van der Waals surface area (Å²) in [6.07, 6.45) is 1.71. The maximum atomic E-state index is 12.5. The SMILES string of the molecule is Cc1ccc(I)cc1N1C(=O)C2CC(C)CC2C1=O. The van der Waals surface area contributed by atoms with Crippen LogP contribution in [0.2, 0.25) is 0 Å². The minimum Gasteiger partial charge on any atom is -0.274 e. The molecule has 1 saturated heterocycles. The second kappa shape index (κ2) is 4.58. The van der Waals surface area contributed by atoms with Crippen LogP contribution >= 0.6 is 22.6 Å². The number of anilines is 1. The predicted molar refractivity (Wildman–Crippen MR) is 81.8 cm³/mol. The van der Waals surface area contributed by atoms with Crippen molar-refractivity contribution in [2.24, 2.45) is 17.8 Å². The smallest absolute Gasteiger partial charge is 0.237 e. The largest absolute Gasteiger partial charge is 0.274 e. The first-order chi connectivity index (χ1) is 8.99. The molecule has 3 nitrogen and oxygen atoms in total. The average molecular weight is 369 g/mol. The van der Waals surface area contributed by atoms with Gasteiger partial charge in [-0.15, -0.1) is 0 Å². The van der Waals surface area contributed by atoms with Crippen molar-refractivity contribution < 1.29 is 9.59 Å². The molecule has 1 saturated carbocycles. The topological polar surface area (TPSA) is 37.4 Å². The van der Waals surface area contributed by atoms with E-state index >= 15 is 0 Å². The summed E-state index contributed by atoms with van der Waals surface area (Å²) in [6.45, 7) is 4.07. The van der Waals surface area contributed by atoms with Crippen LogP contribution in [0, 0.1) is 28.2 Å². The Kier molecular flexibility index (Phi) is 3.15. The number of fused-ring (bicyclic) bond motifs is 1. The van der Waals surface area contributed by atoms with Crippen LogP contribution in [0.25, 0.3) is 0 Å². The van der Waals surface area contributed by atoms with Crippen LogP contribution in [0.15, 0.2) is 18.2 Å².